The van der Waals surface area contributed by atoms with Crippen LogP contribution in [0.15, 0.2) is 50.4 Å². The maximum absolute atomic E-state index is 12.5. The minimum Gasteiger partial charge on any atom is -0.496 e. The molecule has 0 radical (unpaired) electrons. The second-order valence-corrected chi connectivity index (χ2v) is 7.94. The van der Waals surface area contributed by atoms with Gasteiger partial charge in [-0.3, -0.25) is 20.3 Å². The van der Waals surface area contributed by atoms with Crippen LogP contribution in [0.25, 0.3) is 17.4 Å². The van der Waals surface area contributed by atoms with Gasteiger partial charge in [-0.15, -0.1) is 0 Å². The zero-order valence-corrected chi connectivity index (χ0v) is 17.6. The van der Waals surface area contributed by atoms with Gasteiger partial charge < -0.3 is 9.15 Å². The summed E-state index contributed by atoms with van der Waals surface area (Å²) in [6.07, 6.45) is 1.43. The van der Waals surface area contributed by atoms with Crippen molar-refractivity contribution >= 4 is 45.5 Å². The Balaban J connectivity index is 1.66. The molecule has 0 atom stereocenters. The first-order chi connectivity index (χ1) is 14.8. The molecule has 0 unspecified atom stereocenters. The Hall–Kier alpha value is -3.73. The smallest absolute Gasteiger partial charge is 0.283 e. The van der Waals surface area contributed by atoms with E-state index in [1.165, 1.54) is 48.2 Å². The summed E-state index contributed by atoms with van der Waals surface area (Å²) in [5, 5.41) is 26.2. The first-order valence-corrected chi connectivity index (χ1v) is 10.0. The van der Waals surface area contributed by atoms with E-state index >= 15 is 0 Å². The SMILES string of the molecule is COc1cc([N+](=O)[O-])ccc1-c1ccc(/C=C2/C(=N)N3N=C(C(C)C)SC3=NC2=O)o1. The van der Waals surface area contributed by atoms with Gasteiger partial charge in [0, 0.05) is 12.0 Å². The highest BCUT2D eigenvalue weighted by Gasteiger charge is 2.36. The number of nitro groups is 1. The topological polar surface area (TPSA) is 134 Å². The van der Waals surface area contributed by atoms with E-state index in [0.29, 0.717) is 22.3 Å². The molecule has 2 aliphatic heterocycles. The lowest BCUT2D eigenvalue weighted by Crippen LogP contribution is -2.35. The van der Waals surface area contributed by atoms with Crippen molar-refractivity contribution in [2.75, 3.05) is 7.11 Å². The van der Waals surface area contributed by atoms with Crippen molar-refractivity contribution in [3.05, 3.63) is 51.8 Å². The third kappa shape index (κ3) is 3.75. The average Bonchev–Trinajstić information content (AvgIpc) is 3.38. The lowest BCUT2D eigenvalue weighted by molar-refractivity contribution is -0.384. The number of hydrogen-bond donors (Lipinski definition) is 1. The third-order valence-corrected chi connectivity index (χ3v) is 5.75. The summed E-state index contributed by atoms with van der Waals surface area (Å²) < 4.78 is 11.1. The van der Waals surface area contributed by atoms with Gasteiger partial charge in [-0.1, -0.05) is 13.8 Å². The quantitative estimate of drug-likeness (QED) is 0.420. The van der Waals surface area contributed by atoms with Crippen molar-refractivity contribution < 1.29 is 18.9 Å². The van der Waals surface area contributed by atoms with E-state index in [-0.39, 0.29) is 28.8 Å². The fourth-order valence-electron chi connectivity index (χ4n) is 2.95. The number of non-ortho nitro benzene ring substituents is 1. The average molecular weight is 439 g/mol. The van der Waals surface area contributed by atoms with Gasteiger partial charge in [0.1, 0.15) is 22.3 Å². The van der Waals surface area contributed by atoms with E-state index in [4.69, 9.17) is 14.6 Å². The van der Waals surface area contributed by atoms with Gasteiger partial charge in [-0.25, -0.2) is 0 Å². The molecule has 10 nitrogen and oxygen atoms in total. The van der Waals surface area contributed by atoms with E-state index in [0.717, 1.165) is 5.04 Å². The van der Waals surface area contributed by atoms with Crippen molar-refractivity contribution in [1.29, 1.82) is 5.41 Å². The molecule has 0 spiro atoms. The van der Waals surface area contributed by atoms with Crippen LogP contribution >= 0.6 is 11.8 Å². The number of carbonyl (C=O) groups is 1. The second-order valence-electron chi connectivity index (χ2n) is 6.96. The summed E-state index contributed by atoms with van der Waals surface area (Å²) >= 11 is 1.28. The predicted molar refractivity (Wildman–Crippen MR) is 117 cm³/mol. The molecular formula is C20H17N5O5S. The number of aliphatic imine (C=N–C) groups is 1. The molecule has 4 rings (SSSR count). The molecule has 0 saturated carbocycles. The largest absolute Gasteiger partial charge is 0.496 e. The number of hydrazone groups is 1. The molecule has 1 amide bonds. The summed E-state index contributed by atoms with van der Waals surface area (Å²) in [5.74, 6) is 0.524. The normalized spacial score (nSPS) is 17.2. The van der Waals surface area contributed by atoms with E-state index < -0.39 is 10.8 Å². The second kappa shape index (κ2) is 7.84. The van der Waals surface area contributed by atoms with E-state index in [9.17, 15) is 14.9 Å². The number of rotatable bonds is 5. The van der Waals surface area contributed by atoms with Crippen molar-refractivity contribution in [3.63, 3.8) is 0 Å². The number of nitrogens with zero attached hydrogens (tertiary/aromatic N) is 4. The van der Waals surface area contributed by atoms with E-state index in [1.54, 1.807) is 12.1 Å². The predicted octanol–water partition coefficient (Wildman–Crippen LogP) is 4.14. The number of furan rings is 1. The molecule has 0 fully saturated rings. The summed E-state index contributed by atoms with van der Waals surface area (Å²) in [6, 6.07) is 7.47. The molecule has 1 N–H and O–H groups in total. The minimum absolute atomic E-state index is 0.0506. The van der Waals surface area contributed by atoms with Gasteiger partial charge in [0.15, 0.2) is 5.84 Å². The number of methoxy groups -OCH3 is 1. The van der Waals surface area contributed by atoms with Gasteiger partial charge in [-0.05, 0) is 36.0 Å². The lowest BCUT2D eigenvalue weighted by Gasteiger charge is -2.19. The van der Waals surface area contributed by atoms with Crippen LogP contribution in [0.4, 0.5) is 5.69 Å². The first kappa shape index (κ1) is 20.5. The number of carbonyl (C=O) groups excluding carboxylic acids is 1. The first-order valence-electron chi connectivity index (χ1n) is 9.21. The third-order valence-electron chi connectivity index (χ3n) is 4.54. The number of hydrogen-bond acceptors (Lipinski definition) is 8. The summed E-state index contributed by atoms with van der Waals surface area (Å²) in [7, 11) is 1.41. The molecule has 31 heavy (non-hydrogen) atoms. The molecular weight excluding hydrogens is 422 g/mol. The van der Waals surface area contributed by atoms with Crippen molar-refractivity contribution in [1.82, 2.24) is 5.01 Å². The van der Waals surface area contributed by atoms with Gasteiger partial charge in [0.2, 0.25) is 5.17 Å². The summed E-state index contributed by atoms with van der Waals surface area (Å²) in [6.45, 7) is 3.95. The van der Waals surface area contributed by atoms with Crippen molar-refractivity contribution in [3.8, 4) is 17.1 Å². The van der Waals surface area contributed by atoms with Gasteiger partial charge in [0.05, 0.1) is 29.2 Å². The van der Waals surface area contributed by atoms with Gasteiger partial charge in [0.25, 0.3) is 11.6 Å². The number of benzene rings is 1. The number of thioether (sulfide) groups is 1. The standard InChI is InChI=1S/C20H17N5O5S/c1-10(2)19-23-24-17(21)14(18(26)22-20(24)31-19)9-12-5-7-15(30-12)13-6-4-11(25(27)28)8-16(13)29-3/h4-10,21H,1-3H3/b14-9-,21-17?. The fraction of sp³-hybridized carbons (Fsp3) is 0.200. The van der Waals surface area contributed by atoms with Gasteiger partial charge >= 0.3 is 0 Å². The molecule has 2 aromatic rings. The van der Waals surface area contributed by atoms with Gasteiger partial charge in [-0.2, -0.15) is 15.1 Å². The number of amides is 1. The molecule has 0 bridgehead atoms. The number of ether oxygens (including phenoxy) is 1. The highest BCUT2D eigenvalue weighted by molar-refractivity contribution is 8.27. The zero-order chi connectivity index (χ0) is 22.3. The molecule has 2 aliphatic rings. The Kier molecular flexibility index (Phi) is 5.19. The number of nitrogens with one attached hydrogen (secondary N) is 1. The highest BCUT2D eigenvalue weighted by atomic mass is 32.2. The molecule has 3 heterocycles. The van der Waals surface area contributed by atoms with Crippen molar-refractivity contribution in [2.45, 2.75) is 13.8 Å². The molecule has 1 aromatic carbocycles. The minimum atomic E-state index is -0.546. The van der Waals surface area contributed by atoms with Crippen molar-refractivity contribution in [2.24, 2.45) is 16.0 Å². The Morgan fingerprint density at radius 1 is 1.32 bits per heavy atom. The Bertz CT molecular complexity index is 1210. The summed E-state index contributed by atoms with van der Waals surface area (Å²) in [5.41, 5.74) is 0.467. The Labute approximate surface area is 180 Å². The highest BCUT2D eigenvalue weighted by Crippen LogP contribution is 2.35. The van der Waals surface area contributed by atoms with Crippen LogP contribution in [0, 0.1) is 21.4 Å². The number of amidine groups is 2. The zero-order valence-electron chi connectivity index (χ0n) is 16.8. The fourth-order valence-corrected chi connectivity index (χ4v) is 3.85. The van der Waals surface area contributed by atoms with Crippen LogP contribution in [-0.2, 0) is 4.79 Å². The van der Waals surface area contributed by atoms with Crippen LogP contribution in [0.5, 0.6) is 5.75 Å². The Morgan fingerprint density at radius 3 is 2.77 bits per heavy atom. The molecule has 1 aromatic heterocycles. The monoisotopic (exact) mass is 439 g/mol. The summed E-state index contributed by atoms with van der Waals surface area (Å²) in [4.78, 5) is 27.0. The molecule has 0 aliphatic carbocycles. The molecule has 11 heteroatoms. The number of fused-ring (bicyclic) bond motifs is 1. The molecule has 0 saturated heterocycles. The Morgan fingerprint density at radius 2 is 2.10 bits per heavy atom. The van der Waals surface area contributed by atoms with E-state index in [2.05, 4.69) is 10.1 Å². The van der Waals surface area contributed by atoms with Crippen LogP contribution in [0.1, 0.15) is 19.6 Å². The van der Waals surface area contributed by atoms with E-state index in [1.807, 2.05) is 13.8 Å². The van der Waals surface area contributed by atoms with Crippen LogP contribution < -0.4 is 4.74 Å². The lowest BCUT2D eigenvalue weighted by atomic mass is 10.1. The maximum atomic E-state index is 12.5. The van der Waals surface area contributed by atoms with Crippen LogP contribution in [-0.4, -0.2) is 39.0 Å². The maximum Gasteiger partial charge on any atom is 0.283 e. The molecule has 158 valence electrons. The number of nitro benzene ring substituents is 1. The van der Waals surface area contributed by atoms with Crippen LogP contribution in [0.3, 0.4) is 0 Å². The van der Waals surface area contributed by atoms with Crippen LogP contribution in [0.2, 0.25) is 0 Å².